The summed E-state index contributed by atoms with van der Waals surface area (Å²) in [4.78, 5) is 0. The molecule has 0 atom stereocenters. The van der Waals surface area contributed by atoms with E-state index < -0.39 is 14.8 Å². The molecular formula is C6H13F3OSi. The molecule has 0 saturated carbocycles. The Morgan fingerprint density at radius 2 is 1.82 bits per heavy atom. The van der Waals surface area contributed by atoms with Gasteiger partial charge in [0.05, 0.1) is 0 Å². The van der Waals surface area contributed by atoms with Crippen molar-refractivity contribution in [1.82, 2.24) is 0 Å². The van der Waals surface area contributed by atoms with Gasteiger partial charge < -0.3 is 4.43 Å². The van der Waals surface area contributed by atoms with Crippen LogP contribution in [0.3, 0.4) is 0 Å². The summed E-state index contributed by atoms with van der Waals surface area (Å²) in [6.45, 7) is 3.60. The van der Waals surface area contributed by atoms with Gasteiger partial charge in [0.25, 0.3) is 0 Å². The van der Waals surface area contributed by atoms with Crippen molar-refractivity contribution in [3.63, 3.8) is 0 Å². The van der Waals surface area contributed by atoms with E-state index in [0.717, 1.165) is 13.8 Å². The normalized spacial score (nSPS) is 13.6. The smallest absolute Gasteiger partial charge is 0.334 e. The summed E-state index contributed by atoms with van der Waals surface area (Å²) < 4.78 is 41.7. The molecule has 0 heterocycles. The lowest BCUT2D eigenvalue weighted by Crippen LogP contribution is -2.36. The molecule has 0 fully saturated rings. The Kier molecular flexibility index (Phi) is 3.57. The van der Waals surface area contributed by atoms with Crippen LogP contribution in [0, 0.1) is 0 Å². The zero-order chi connectivity index (χ0) is 9.12. The number of halogens is 3. The number of hydrogen-bond acceptors (Lipinski definition) is 1. The van der Waals surface area contributed by atoms with Crippen molar-refractivity contribution in [2.24, 2.45) is 0 Å². The zero-order valence-electron chi connectivity index (χ0n) is 6.96. The van der Waals surface area contributed by atoms with E-state index in [1.807, 2.05) is 0 Å². The first kappa shape index (κ1) is 11.0. The van der Waals surface area contributed by atoms with Crippen molar-refractivity contribution >= 4 is 8.99 Å². The summed E-state index contributed by atoms with van der Waals surface area (Å²) in [6, 6.07) is -0.305. The highest BCUT2D eigenvalue weighted by Gasteiger charge is 2.42. The Balaban J connectivity index is 3.91. The molecule has 0 aromatic rings. The van der Waals surface area contributed by atoms with Crippen LogP contribution in [0.2, 0.25) is 6.04 Å². The van der Waals surface area contributed by atoms with Crippen molar-refractivity contribution in [2.45, 2.75) is 39.1 Å². The second-order valence-electron chi connectivity index (χ2n) is 2.85. The van der Waals surface area contributed by atoms with Crippen LogP contribution in [0.5, 0.6) is 0 Å². The molecule has 0 bridgehead atoms. The molecule has 0 aliphatic rings. The van der Waals surface area contributed by atoms with Gasteiger partial charge >= 0.3 is 8.99 Å². The van der Waals surface area contributed by atoms with Gasteiger partial charge in [-0.15, -0.1) is 0 Å². The van der Waals surface area contributed by atoms with E-state index in [0.29, 0.717) is 6.42 Å². The van der Waals surface area contributed by atoms with Gasteiger partial charge in [-0.1, -0.05) is 13.3 Å². The fourth-order valence-corrected chi connectivity index (χ4v) is 2.09. The minimum atomic E-state index is -4.71. The highest BCUT2D eigenvalue weighted by Crippen LogP contribution is 2.24. The fraction of sp³-hybridized carbons (Fsp3) is 1.00. The van der Waals surface area contributed by atoms with Gasteiger partial charge in [0, 0.05) is 6.04 Å². The third-order valence-corrected chi connectivity index (χ3v) is 2.80. The quantitative estimate of drug-likeness (QED) is 0.484. The minimum Gasteiger partial charge on any atom is -0.334 e. The van der Waals surface area contributed by atoms with E-state index in [1.165, 1.54) is 0 Å². The molecule has 0 spiro atoms. The lowest BCUT2D eigenvalue weighted by Gasteiger charge is -2.20. The lowest BCUT2D eigenvalue weighted by atomic mass is 10.4. The van der Waals surface area contributed by atoms with Crippen LogP contribution in [0.25, 0.3) is 0 Å². The summed E-state index contributed by atoms with van der Waals surface area (Å²) >= 11 is 0. The number of alkyl halides is 1. The third-order valence-electron chi connectivity index (χ3n) is 0.933. The van der Waals surface area contributed by atoms with E-state index in [4.69, 9.17) is 0 Å². The summed E-state index contributed by atoms with van der Waals surface area (Å²) in [7, 11) is -4.71. The highest BCUT2D eigenvalue weighted by molar-refractivity contribution is 6.59. The molecule has 0 amide bonds. The zero-order valence-corrected chi connectivity index (χ0v) is 7.96. The lowest BCUT2D eigenvalue weighted by molar-refractivity contribution is -0.0557. The van der Waals surface area contributed by atoms with Gasteiger partial charge in [-0.05, 0) is 13.8 Å². The molecule has 0 radical (unpaired) electrons. The molecule has 0 unspecified atom stereocenters. The van der Waals surface area contributed by atoms with Crippen molar-refractivity contribution in [1.29, 1.82) is 0 Å². The molecule has 0 aliphatic heterocycles. The molecule has 68 valence electrons. The first-order valence-corrected chi connectivity index (χ1v) is 5.41. The number of hydrogen-bond donors (Lipinski definition) is 0. The van der Waals surface area contributed by atoms with Crippen LogP contribution in [-0.4, -0.2) is 14.8 Å². The standard InChI is InChI=1S/C6H13F3OSi/c1-4-5-11(8,9)10-6(2,3)7/h4-5H2,1-3H3. The molecule has 5 heteroatoms. The van der Waals surface area contributed by atoms with Crippen molar-refractivity contribution in [3.8, 4) is 0 Å². The Morgan fingerprint density at radius 3 is 2.09 bits per heavy atom. The topological polar surface area (TPSA) is 9.23 Å². The van der Waals surface area contributed by atoms with Crippen LogP contribution < -0.4 is 0 Å². The average molecular weight is 186 g/mol. The monoisotopic (exact) mass is 186 g/mol. The maximum Gasteiger partial charge on any atom is 0.580 e. The molecule has 0 N–H and O–H groups in total. The molecular weight excluding hydrogens is 173 g/mol. The molecule has 0 aliphatic carbocycles. The van der Waals surface area contributed by atoms with Gasteiger partial charge in [-0.2, -0.15) is 0 Å². The Hall–Kier alpha value is -0.0331. The minimum absolute atomic E-state index is 0.305. The molecule has 11 heavy (non-hydrogen) atoms. The Morgan fingerprint density at radius 1 is 1.36 bits per heavy atom. The van der Waals surface area contributed by atoms with Gasteiger partial charge in [0.2, 0.25) is 0 Å². The van der Waals surface area contributed by atoms with Crippen molar-refractivity contribution in [3.05, 3.63) is 0 Å². The predicted molar refractivity (Wildman–Crippen MR) is 39.3 cm³/mol. The second-order valence-corrected chi connectivity index (χ2v) is 4.83. The van der Waals surface area contributed by atoms with Crippen LogP contribution in [0.15, 0.2) is 0 Å². The predicted octanol–water partition coefficient (Wildman–Crippen LogP) is 3.00. The van der Waals surface area contributed by atoms with E-state index in [2.05, 4.69) is 4.43 Å². The summed E-state index contributed by atoms with van der Waals surface area (Å²) in [6.07, 6.45) is 0.329. The largest absolute Gasteiger partial charge is 0.580 e. The maximum atomic E-state index is 12.6. The van der Waals surface area contributed by atoms with Gasteiger partial charge in [-0.3, -0.25) is 0 Å². The van der Waals surface area contributed by atoms with Crippen LogP contribution in [-0.2, 0) is 4.43 Å². The van der Waals surface area contributed by atoms with Crippen molar-refractivity contribution < 1.29 is 17.0 Å². The van der Waals surface area contributed by atoms with E-state index in [9.17, 15) is 12.6 Å². The van der Waals surface area contributed by atoms with Gasteiger partial charge in [-0.25, -0.2) is 12.6 Å². The molecule has 0 rings (SSSR count). The van der Waals surface area contributed by atoms with Crippen LogP contribution >= 0.6 is 0 Å². The first-order valence-electron chi connectivity index (χ1n) is 3.54. The van der Waals surface area contributed by atoms with Crippen LogP contribution in [0.1, 0.15) is 27.2 Å². The molecule has 0 aromatic carbocycles. The van der Waals surface area contributed by atoms with Crippen LogP contribution in [0.4, 0.5) is 12.6 Å². The molecule has 0 aromatic heterocycles. The number of rotatable bonds is 4. The summed E-state index contributed by atoms with van der Waals surface area (Å²) in [5, 5.41) is 0. The first-order chi connectivity index (χ1) is 4.77. The molecule has 1 nitrogen and oxygen atoms in total. The van der Waals surface area contributed by atoms with Gasteiger partial charge in [0.1, 0.15) is 0 Å². The summed E-state index contributed by atoms with van der Waals surface area (Å²) in [5.41, 5.74) is 0. The Bertz CT molecular complexity index is 121. The second kappa shape index (κ2) is 3.58. The van der Waals surface area contributed by atoms with E-state index in [1.54, 1.807) is 6.92 Å². The SMILES string of the molecule is CCC[Si](F)(F)OC(C)(C)F. The Labute approximate surface area is 66.0 Å². The van der Waals surface area contributed by atoms with E-state index >= 15 is 0 Å². The maximum absolute atomic E-state index is 12.6. The summed E-state index contributed by atoms with van der Waals surface area (Å²) in [5.74, 6) is -2.20. The van der Waals surface area contributed by atoms with Crippen molar-refractivity contribution in [2.75, 3.05) is 0 Å². The third kappa shape index (κ3) is 6.37. The fourth-order valence-electron chi connectivity index (χ4n) is 0.697. The highest BCUT2D eigenvalue weighted by atomic mass is 28.4. The average Bonchev–Trinajstić information content (AvgIpc) is 1.55. The molecule has 0 saturated heterocycles. The van der Waals surface area contributed by atoms with E-state index in [-0.39, 0.29) is 6.04 Å². The van der Waals surface area contributed by atoms with Gasteiger partial charge in [0.15, 0.2) is 5.85 Å².